The first-order chi connectivity index (χ1) is 12.7. The van der Waals surface area contributed by atoms with E-state index in [9.17, 15) is 9.59 Å². The molecule has 8 heteroatoms. The number of esters is 1. The number of piperidine rings is 1. The molecule has 8 nitrogen and oxygen atoms in total. The summed E-state index contributed by atoms with van der Waals surface area (Å²) in [7, 11) is 1.35. The largest absolute Gasteiger partial charge is 0.464 e. The maximum atomic E-state index is 12.1. The van der Waals surface area contributed by atoms with Gasteiger partial charge in [0.15, 0.2) is 5.69 Å². The molecule has 0 bridgehead atoms. The van der Waals surface area contributed by atoms with Crippen LogP contribution in [0.1, 0.15) is 63.0 Å². The molecule has 150 valence electrons. The van der Waals surface area contributed by atoms with Crippen LogP contribution in [-0.4, -0.2) is 64.5 Å². The van der Waals surface area contributed by atoms with E-state index in [1.807, 2.05) is 25.3 Å². The molecule has 2 aliphatic rings. The van der Waals surface area contributed by atoms with E-state index < -0.39 is 11.6 Å². The van der Waals surface area contributed by atoms with E-state index in [4.69, 9.17) is 9.47 Å². The van der Waals surface area contributed by atoms with E-state index in [1.165, 1.54) is 7.11 Å². The molecule has 1 aliphatic carbocycles. The Balaban J connectivity index is 1.38. The van der Waals surface area contributed by atoms with Crippen molar-refractivity contribution in [3.8, 4) is 0 Å². The van der Waals surface area contributed by atoms with Gasteiger partial charge in [-0.05, 0) is 46.5 Å². The van der Waals surface area contributed by atoms with Gasteiger partial charge in [0.25, 0.3) is 0 Å². The van der Waals surface area contributed by atoms with Gasteiger partial charge < -0.3 is 23.7 Å². The van der Waals surface area contributed by atoms with Crippen LogP contribution in [0.5, 0.6) is 0 Å². The predicted octanol–water partition coefficient (Wildman–Crippen LogP) is 2.79. The van der Waals surface area contributed by atoms with Crippen molar-refractivity contribution in [2.24, 2.45) is 0 Å². The van der Waals surface area contributed by atoms with Gasteiger partial charge in [-0.25, -0.2) is 14.6 Å². The van der Waals surface area contributed by atoms with E-state index in [2.05, 4.69) is 9.72 Å². The minimum absolute atomic E-state index is 0.183. The Morgan fingerprint density at radius 2 is 1.81 bits per heavy atom. The number of amides is 1. The molecule has 1 amide bonds. The zero-order valence-electron chi connectivity index (χ0n) is 16.5. The van der Waals surface area contributed by atoms with Gasteiger partial charge in [-0.15, -0.1) is 0 Å². The van der Waals surface area contributed by atoms with Gasteiger partial charge in [-0.1, -0.05) is 0 Å². The monoisotopic (exact) mass is 379 g/mol. The number of carbonyl (C=O) groups excluding carboxylic acids is 2. The van der Waals surface area contributed by atoms with Crippen molar-refractivity contribution >= 4 is 12.1 Å². The number of imidazole rings is 1. The standard InChI is InChI=1S/C19H29N3O5/c1-19(2,3)27-18(24)21-7-5-14(6-8-21)26-15-9-13(10-15)22-11-16(20-12-22)17(23)25-4/h11-15H,5-10H2,1-4H3/t13-,15-. The van der Waals surface area contributed by atoms with Crippen LogP contribution in [0, 0.1) is 0 Å². The second kappa shape index (κ2) is 7.88. The summed E-state index contributed by atoms with van der Waals surface area (Å²) in [6.07, 6.45) is 7.03. The molecule has 2 heterocycles. The lowest BCUT2D eigenvalue weighted by Gasteiger charge is -2.40. The van der Waals surface area contributed by atoms with Crippen molar-refractivity contribution in [3.05, 3.63) is 18.2 Å². The molecule has 1 aliphatic heterocycles. The van der Waals surface area contributed by atoms with Gasteiger partial charge >= 0.3 is 12.1 Å². The number of rotatable bonds is 4. The summed E-state index contributed by atoms with van der Waals surface area (Å²) >= 11 is 0. The average molecular weight is 379 g/mol. The highest BCUT2D eigenvalue weighted by Gasteiger charge is 2.35. The number of likely N-dealkylation sites (tertiary alicyclic amines) is 1. The number of hydrogen-bond donors (Lipinski definition) is 0. The Labute approximate surface area is 159 Å². The Kier molecular flexibility index (Phi) is 5.74. The van der Waals surface area contributed by atoms with Gasteiger partial charge in [-0.2, -0.15) is 0 Å². The van der Waals surface area contributed by atoms with Crippen LogP contribution in [0.2, 0.25) is 0 Å². The van der Waals surface area contributed by atoms with Crippen LogP contribution in [0.25, 0.3) is 0 Å². The molecule has 0 radical (unpaired) electrons. The normalized spacial score (nSPS) is 23.6. The van der Waals surface area contributed by atoms with Crippen LogP contribution in [0.4, 0.5) is 4.79 Å². The lowest BCUT2D eigenvalue weighted by atomic mass is 9.88. The van der Waals surface area contributed by atoms with Gasteiger partial charge in [0.2, 0.25) is 0 Å². The predicted molar refractivity (Wildman–Crippen MR) is 97.5 cm³/mol. The number of ether oxygens (including phenoxy) is 3. The maximum absolute atomic E-state index is 12.1. The van der Waals surface area contributed by atoms with E-state index >= 15 is 0 Å². The number of carbonyl (C=O) groups is 2. The summed E-state index contributed by atoms with van der Waals surface area (Å²) in [5.41, 5.74) is -0.136. The lowest BCUT2D eigenvalue weighted by Crippen LogP contribution is -2.45. The van der Waals surface area contributed by atoms with Gasteiger partial charge in [0.1, 0.15) is 5.60 Å². The van der Waals surface area contributed by atoms with E-state index in [1.54, 1.807) is 17.4 Å². The highest BCUT2D eigenvalue weighted by atomic mass is 16.6. The van der Waals surface area contributed by atoms with Crippen LogP contribution < -0.4 is 0 Å². The van der Waals surface area contributed by atoms with Crippen molar-refractivity contribution in [1.82, 2.24) is 14.5 Å². The van der Waals surface area contributed by atoms with E-state index in [0.717, 1.165) is 25.7 Å². The smallest absolute Gasteiger partial charge is 0.410 e. The van der Waals surface area contributed by atoms with Gasteiger partial charge in [-0.3, -0.25) is 0 Å². The maximum Gasteiger partial charge on any atom is 0.410 e. The first kappa shape index (κ1) is 19.7. The third kappa shape index (κ3) is 5.00. The molecule has 1 saturated heterocycles. The second-order valence-corrected chi connectivity index (χ2v) is 8.25. The summed E-state index contributed by atoms with van der Waals surface area (Å²) in [5, 5.41) is 0. The van der Waals surface area contributed by atoms with Crippen LogP contribution in [0.3, 0.4) is 0 Å². The Hall–Kier alpha value is -2.09. The summed E-state index contributed by atoms with van der Waals surface area (Å²) in [4.78, 5) is 29.4. The molecule has 0 spiro atoms. The SMILES string of the molecule is COC(=O)c1cn([C@H]2C[C@H](OC3CCN(C(=O)OC(C)(C)C)CC3)C2)cn1. The van der Waals surface area contributed by atoms with Crippen molar-refractivity contribution in [2.75, 3.05) is 20.2 Å². The summed E-state index contributed by atoms with van der Waals surface area (Å²) in [6, 6.07) is 0.308. The molecule has 2 fully saturated rings. The third-order valence-corrected chi connectivity index (χ3v) is 4.97. The number of hydrogen-bond acceptors (Lipinski definition) is 6. The Morgan fingerprint density at radius 3 is 2.41 bits per heavy atom. The molecule has 1 aromatic heterocycles. The van der Waals surface area contributed by atoms with Crippen LogP contribution in [-0.2, 0) is 14.2 Å². The van der Waals surface area contributed by atoms with Crippen molar-refractivity contribution in [3.63, 3.8) is 0 Å². The van der Waals surface area contributed by atoms with Crippen molar-refractivity contribution in [2.45, 2.75) is 70.3 Å². The number of nitrogens with zero attached hydrogens (tertiary/aromatic N) is 3. The fraction of sp³-hybridized carbons (Fsp3) is 0.737. The minimum Gasteiger partial charge on any atom is -0.464 e. The highest BCUT2D eigenvalue weighted by molar-refractivity contribution is 5.86. The molecule has 27 heavy (non-hydrogen) atoms. The van der Waals surface area contributed by atoms with E-state index in [-0.39, 0.29) is 18.3 Å². The molecule has 0 aromatic carbocycles. The molecule has 0 unspecified atom stereocenters. The van der Waals surface area contributed by atoms with Crippen molar-refractivity contribution < 1.29 is 23.8 Å². The van der Waals surface area contributed by atoms with Gasteiger partial charge in [0.05, 0.1) is 25.6 Å². The average Bonchev–Trinajstić information content (AvgIpc) is 3.05. The number of methoxy groups -OCH3 is 1. The fourth-order valence-electron chi connectivity index (χ4n) is 3.41. The summed E-state index contributed by atoms with van der Waals surface area (Å²) < 4.78 is 18.2. The topological polar surface area (TPSA) is 82.9 Å². The lowest BCUT2D eigenvalue weighted by molar-refractivity contribution is -0.0903. The first-order valence-corrected chi connectivity index (χ1v) is 9.50. The molecule has 0 atom stereocenters. The van der Waals surface area contributed by atoms with Crippen LogP contribution in [0.15, 0.2) is 12.5 Å². The number of aromatic nitrogens is 2. The van der Waals surface area contributed by atoms with Crippen LogP contribution >= 0.6 is 0 Å². The first-order valence-electron chi connectivity index (χ1n) is 9.50. The zero-order chi connectivity index (χ0) is 19.6. The van der Waals surface area contributed by atoms with Gasteiger partial charge in [0, 0.05) is 25.3 Å². The fourth-order valence-corrected chi connectivity index (χ4v) is 3.41. The van der Waals surface area contributed by atoms with Crippen molar-refractivity contribution in [1.29, 1.82) is 0 Å². The zero-order valence-corrected chi connectivity index (χ0v) is 16.5. The Morgan fingerprint density at radius 1 is 1.15 bits per heavy atom. The third-order valence-electron chi connectivity index (χ3n) is 4.97. The molecule has 1 saturated carbocycles. The Bertz CT molecular complexity index is 667. The molecule has 0 N–H and O–H groups in total. The highest BCUT2D eigenvalue weighted by Crippen LogP contribution is 2.36. The summed E-state index contributed by atoms with van der Waals surface area (Å²) in [6.45, 7) is 6.96. The molecule has 1 aromatic rings. The van der Waals surface area contributed by atoms with E-state index in [0.29, 0.717) is 24.8 Å². The molecule has 3 rings (SSSR count). The summed E-state index contributed by atoms with van der Waals surface area (Å²) in [5.74, 6) is -0.419. The quantitative estimate of drug-likeness (QED) is 0.748. The minimum atomic E-state index is -0.466. The second-order valence-electron chi connectivity index (χ2n) is 8.25. The molecular formula is C19H29N3O5. The molecular weight excluding hydrogens is 350 g/mol.